The molecule has 1 saturated heterocycles. The lowest BCUT2D eigenvalue weighted by molar-refractivity contribution is 0.319. The molecule has 4 heteroatoms. The van der Waals surface area contributed by atoms with Crippen LogP contribution < -0.4 is 4.90 Å². The molecule has 0 N–H and O–H groups in total. The fourth-order valence-electron chi connectivity index (χ4n) is 3.20. The van der Waals surface area contributed by atoms with Crippen molar-refractivity contribution in [1.82, 2.24) is 14.7 Å². The molecular weight excluding hydrogens is 272 g/mol. The minimum Gasteiger partial charge on any atom is -0.372 e. The minimum absolute atomic E-state index is 0.932. The summed E-state index contributed by atoms with van der Waals surface area (Å²) in [6, 6.07) is 9.09. The van der Waals surface area contributed by atoms with Gasteiger partial charge in [0.1, 0.15) is 0 Å². The molecule has 1 aliphatic heterocycles. The topological polar surface area (TPSA) is 24.3 Å². The maximum Gasteiger partial charge on any atom is 0.0534 e. The van der Waals surface area contributed by atoms with Crippen molar-refractivity contribution in [3.63, 3.8) is 0 Å². The van der Waals surface area contributed by atoms with Crippen molar-refractivity contribution < 1.29 is 0 Å². The smallest absolute Gasteiger partial charge is 0.0534 e. The van der Waals surface area contributed by atoms with Gasteiger partial charge < -0.3 is 4.90 Å². The predicted octanol–water partition coefficient (Wildman–Crippen LogP) is 3.04. The van der Waals surface area contributed by atoms with Crippen LogP contribution in [0.1, 0.15) is 30.4 Å². The second-order valence-corrected chi connectivity index (χ2v) is 6.41. The summed E-state index contributed by atoms with van der Waals surface area (Å²) in [4.78, 5) is 4.83. The zero-order chi connectivity index (χ0) is 15.4. The molecule has 1 fully saturated rings. The van der Waals surface area contributed by atoms with Crippen LogP contribution in [0.3, 0.4) is 0 Å². The lowest BCUT2D eigenvalue weighted by Crippen LogP contribution is -2.29. The highest BCUT2D eigenvalue weighted by atomic mass is 15.2. The van der Waals surface area contributed by atoms with Crippen LogP contribution >= 0.6 is 0 Å². The third-order valence-electron chi connectivity index (χ3n) is 4.32. The van der Waals surface area contributed by atoms with Crippen LogP contribution in [0.25, 0.3) is 0 Å². The normalized spacial score (nSPS) is 15.5. The maximum absolute atomic E-state index is 4.22. The molecule has 2 aromatic rings. The van der Waals surface area contributed by atoms with Crippen molar-refractivity contribution >= 4 is 5.69 Å². The first-order valence-corrected chi connectivity index (χ1v) is 8.21. The number of piperidine rings is 1. The van der Waals surface area contributed by atoms with Crippen molar-refractivity contribution in [1.29, 1.82) is 0 Å². The van der Waals surface area contributed by atoms with Gasteiger partial charge in [0.2, 0.25) is 0 Å². The minimum atomic E-state index is 0.932. The summed E-state index contributed by atoms with van der Waals surface area (Å²) in [5.41, 5.74) is 4.00. The first-order chi connectivity index (χ1) is 10.7. The van der Waals surface area contributed by atoms with E-state index in [4.69, 9.17) is 0 Å². The van der Waals surface area contributed by atoms with E-state index in [0.717, 1.165) is 13.1 Å². The molecule has 0 amide bonds. The quantitative estimate of drug-likeness (QED) is 0.848. The summed E-state index contributed by atoms with van der Waals surface area (Å²) in [6.07, 6.45) is 8.06. The molecule has 0 bridgehead atoms. The Labute approximate surface area is 133 Å². The van der Waals surface area contributed by atoms with E-state index < -0.39 is 0 Å². The van der Waals surface area contributed by atoms with E-state index in [2.05, 4.69) is 52.4 Å². The molecular formula is C18H26N4. The number of aryl methyl sites for hydroxylation is 1. The average Bonchev–Trinajstić information content (AvgIpc) is 2.94. The van der Waals surface area contributed by atoms with Gasteiger partial charge in [-0.15, -0.1) is 0 Å². The molecule has 0 radical (unpaired) electrons. The highest BCUT2D eigenvalue weighted by Gasteiger charge is 2.11. The molecule has 0 spiro atoms. The Kier molecular flexibility index (Phi) is 4.78. The summed E-state index contributed by atoms with van der Waals surface area (Å²) in [5, 5.41) is 4.22. The Balaban J connectivity index is 1.56. The van der Waals surface area contributed by atoms with Crippen molar-refractivity contribution in [2.75, 3.05) is 25.0 Å². The Morgan fingerprint density at radius 2 is 1.68 bits per heavy atom. The van der Waals surface area contributed by atoms with E-state index >= 15 is 0 Å². The lowest BCUT2D eigenvalue weighted by Gasteiger charge is -2.29. The second-order valence-electron chi connectivity index (χ2n) is 6.41. The standard InChI is InChI=1S/C18H26N4/c1-20(14-17-12-19-21(2)15-17)13-16-6-8-18(9-7-16)22-10-4-3-5-11-22/h6-9,12,15H,3-5,10-11,13-14H2,1-2H3. The predicted molar refractivity (Wildman–Crippen MR) is 90.9 cm³/mol. The SMILES string of the molecule is CN(Cc1ccc(N2CCCCC2)cc1)Cc1cnn(C)c1. The van der Waals surface area contributed by atoms with Crippen molar-refractivity contribution in [2.24, 2.45) is 7.05 Å². The molecule has 4 nitrogen and oxygen atoms in total. The Morgan fingerprint density at radius 1 is 1.00 bits per heavy atom. The van der Waals surface area contributed by atoms with Gasteiger partial charge in [-0.2, -0.15) is 5.10 Å². The first-order valence-electron chi connectivity index (χ1n) is 8.21. The largest absolute Gasteiger partial charge is 0.372 e. The van der Waals surface area contributed by atoms with Gasteiger partial charge in [0.15, 0.2) is 0 Å². The van der Waals surface area contributed by atoms with Crippen LogP contribution in [0.15, 0.2) is 36.7 Å². The zero-order valence-electron chi connectivity index (χ0n) is 13.7. The van der Waals surface area contributed by atoms with Gasteiger partial charge in [-0.3, -0.25) is 9.58 Å². The first kappa shape index (κ1) is 15.1. The second kappa shape index (κ2) is 6.97. The highest BCUT2D eigenvalue weighted by molar-refractivity contribution is 5.47. The van der Waals surface area contributed by atoms with E-state index in [1.165, 1.54) is 49.2 Å². The van der Waals surface area contributed by atoms with E-state index in [1.54, 1.807) is 0 Å². The molecule has 118 valence electrons. The third-order valence-corrected chi connectivity index (χ3v) is 4.32. The van der Waals surface area contributed by atoms with Gasteiger partial charge in [0.05, 0.1) is 6.20 Å². The Bertz CT molecular complexity index is 581. The fraction of sp³-hybridized carbons (Fsp3) is 0.500. The highest BCUT2D eigenvalue weighted by Crippen LogP contribution is 2.20. The number of nitrogens with zero attached hydrogens (tertiary/aromatic N) is 4. The number of anilines is 1. The molecule has 3 rings (SSSR count). The molecule has 0 aliphatic carbocycles. The van der Waals surface area contributed by atoms with Gasteiger partial charge in [0.25, 0.3) is 0 Å². The summed E-state index contributed by atoms with van der Waals surface area (Å²) in [5.74, 6) is 0. The van der Waals surface area contributed by atoms with Gasteiger partial charge >= 0.3 is 0 Å². The van der Waals surface area contributed by atoms with E-state index in [1.807, 2.05) is 17.9 Å². The molecule has 0 saturated carbocycles. The third kappa shape index (κ3) is 3.89. The van der Waals surface area contributed by atoms with Crippen molar-refractivity contribution in [3.05, 3.63) is 47.8 Å². The van der Waals surface area contributed by atoms with Crippen LogP contribution in [0, 0.1) is 0 Å². The van der Waals surface area contributed by atoms with Gasteiger partial charge in [-0.05, 0) is 44.0 Å². The van der Waals surface area contributed by atoms with Crippen LogP contribution in [-0.4, -0.2) is 34.8 Å². The van der Waals surface area contributed by atoms with Crippen LogP contribution in [-0.2, 0) is 20.1 Å². The van der Waals surface area contributed by atoms with E-state index in [0.29, 0.717) is 0 Å². The molecule has 1 aromatic heterocycles. The number of hydrogen-bond donors (Lipinski definition) is 0. The van der Waals surface area contributed by atoms with Gasteiger partial charge in [-0.1, -0.05) is 12.1 Å². The molecule has 1 aromatic carbocycles. The number of rotatable bonds is 5. The van der Waals surface area contributed by atoms with Gasteiger partial charge in [-0.25, -0.2) is 0 Å². The molecule has 1 aliphatic rings. The number of hydrogen-bond acceptors (Lipinski definition) is 3. The average molecular weight is 298 g/mol. The fourth-order valence-corrected chi connectivity index (χ4v) is 3.20. The summed E-state index contributed by atoms with van der Waals surface area (Å²) in [6.45, 7) is 4.32. The van der Waals surface area contributed by atoms with Crippen LogP contribution in [0.4, 0.5) is 5.69 Å². The monoisotopic (exact) mass is 298 g/mol. The van der Waals surface area contributed by atoms with E-state index in [9.17, 15) is 0 Å². The summed E-state index contributed by atoms with van der Waals surface area (Å²) < 4.78 is 1.86. The van der Waals surface area contributed by atoms with Crippen molar-refractivity contribution in [3.8, 4) is 0 Å². The molecule has 0 unspecified atom stereocenters. The maximum atomic E-state index is 4.22. The number of aromatic nitrogens is 2. The van der Waals surface area contributed by atoms with Crippen molar-refractivity contribution in [2.45, 2.75) is 32.4 Å². The lowest BCUT2D eigenvalue weighted by atomic mass is 10.1. The van der Waals surface area contributed by atoms with Crippen LogP contribution in [0.2, 0.25) is 0 Å². The number of benzene rings is 1. The van der Waals surface area contributed by atoms with Crippen LogP contribution in [0.5, 0.6) is 0 Å². The zero-order valence-corrected chi connectivity index (χ0v) is 13.7. The molecule has 0 atom stereocenters. The summed E-state index contributed by atoms with van der Waals surface area (Å²) in [7, 11) is 4.12. The molecule has 22 heavy (non-hydrogen) atoms. The van der Waals surface area contributed by atoms with E-state index in [-0.39, 0.29) is 0 Å². The Morgan fingerprint density at radius 3 is 2.32 bits per heavy atom. The summed E-state index contributed by atoms with van der Waals surface area (Å²) >= 11 is 0. The van der Waals surface area contributed by atoms with Gasteiger partial charge in [0, 0.05) is 50.7 Å². The molecule has 2 heterocycles. The Hall–Kier alpha value is -1.81.